The molecule has 0 amide bonds. The number of hydrogen-bond donors (Lipinski definition) is 1. The molecule has 0 aliphatic carbocycles. The quantitative estimate of drug-likeness (QED) is 0.628. The molecule has 0 saturated carbocycles. The first-order valence-electron chi connectivity index (χ1n) is 7.67. The summed E-state index contributed by atoms with van der Waals surface area (Å²) in [6, 6.07) is 7.87. The highest BCUT2D eigenvalue weighted by atomic mass is 16.5. The maximum Gasteiger partial charge on any atom is 0.331 e. The van der Waals surface area contributed by atoms with Crippen molar-refractivity contribution < 1.29 is 28.6 Å². The number of esters is 3. The van der Waals surface area contributed by atoms with Crippen molar-refractivity contribution in [2.45, 2.75) is 24.9 Å². The number of hydrogen-bond acceptors (Lipinski definition) is 7. The van der Waals surface area contributed by atoms with Crippen molar-refractivity contribution >= 4 is 17.9 Å². The molecule has 3 atom stereocenters. The molecule has 1 aliphatic heterocycles. The molecule has 0 bridgehead atoms. The molecular formula is C17H21NO6. The highest BCUT2D eigenvalue weighted by Gasteiger charge is 2.59. The third kappa shape index (κ3) is 2.99. The molecule has 1 heterocycles. The summed E-state index contributed by atoms with van der Waals surface area (Å²) in [5, 5.41) is 2.97. The van der Waals surface area contributed by atoms with Gasteiger partial charge in [0.2, 0.25) is 0 Å². The van der Waals surface area contributed by atoms with Crippen LogP contribution < -0.4 is 5.32 Å². The number of carbonyl (C=O) groups excluding carboxylic acids is 3. The standard InChI is InChI=1S/C17H21NO6/c1-4-24-15(20)13-10-12(14(19)22-2)17(18-13,16(21)23-3)11-8-6-5-7-9-11/h5-9,12-13,18H,4,10H2,1-3H3/t12-,13+,17+/m0/s1. The summed E-state index contributed by atoms with van der Waals surface area (Å²) in [5.41, 5.74) is -0.973. The molecular weight excluding hydrogens is 314 g/mol. The fourth-order valence-corrected chi connectivity index (χ4v) is 3.13. The van der Waals surface area contributed by atoms with Crippen LogP contribution in [0.25, 0.3) is 0 Å². The molecule has 1 N–H and O–H groups in total. The van der Waals surface area contributed by atoms with Crippen molar-refractivity contribution in [1.29, 1.82) is 0 Å². The first-order chi connectivity index (χ1) is 11.5. The van der Waals surface area contributed by atoms with Crippen LogP contribution in [0.1, 0.15) is 18.9 Å². The molecule has 130 valence electrons. The molecule has 2 rings (SSSR count). The maximum absolute atomic E-state index is 12.6. The van der Waals surface area contributed by atoms with Gasteiger partial charge in [0.15, 0.2) is 5.54 Å². The fraction of sp³-hybridized carbons (Fsp3) is 0.471. The zero-order valence-corrected chi connectivity index (χ0v) is 13.9. The topological polar surface area (TPSA) is 90.9 Å². The van der Waals surface area contributed by atoms with Crippen molar-refractivity contribution in [3.8, 4) is 0 Å². The van der Waals surface area contributed by atoms with Gasteiger partial charge in [-0.15, -0.1) is 0 Å². The van der Waals surface area contributed by atoms with Gasteiger partial charge < -0.3 is 14.2 Å². The first-order valence-corrected chi connectivity index (χ1v) is 7.67. The lowest BCUT2D eigenvalue weighted by atomic mass is 9.79. The Hall–Kier alpha value is -2.41. The van der Waals surface area contributed by atoms with Crippen molar-refractivity contribution in [3.63, 3.8) is 0 Å². The van der Waals surface area contributed by atoms with Gasteiger partial charge in [-0.05, 0) is 18.9 Å². The van der Waals surface area contributed by atoms with Crippen molar-refractivity contribution in [2.75, 3.05) is 20.8 Å². The predicted molar refractivity (Wildman–Crippen MR) is 83.8 cm³/mol. The van der Waals surface area contributed by atoms with E-state index in [4.69, 9.17) is 14.2 Å². The lowest BCUT2D eigenvalue weighted by Gasteiger charge is -2.32. The minimum absolute atomic E-state index is 0.0789. The molecule has 24 heavy (non-hydrogen) atoms. The smallest absolute Gasteiger partial charge is 0.331 e. The summed E-state index contributed by atoms with van der Waals surface area (Å²) in [6.07, 6.45) is 0.0789. The van der Waals surface area contributed by atoms with Crippen LogP contribution in [0.15, 0.2) is 30.3 Å². The first kappa shape index (κ1) is 17.9. The predicted octanol–water partition coefficient (Wildman–Crippen LogP) is 0.769. The summed E-state index contributed by atoms with van der Waals surface area (Å²) in [4.78, 5) is 37.1. The van der Waals surface area contributed by atoms with Crippen LogP contribution in [0, 0.1) is 5.92 Å². The zero-order chi connectivity index (χ0) is 17.7. The molecule has 7 nitrogen and oxygen atoms in total. The molecule has 0 spiro atoms. The molecule has 1 aromatic carbocycles. The van der Waals surface area contributed by atoms with Crippen LogP contribution >= 0.6 is 0 Å². The van der Waals surface area contributed by atoms with E-state index in [0.717, 1.165) is 0 Å². The molecule has 0 unspecified atom stereocenters. The van der Waals surface area contributed by atoms with Gasteiger partial charge in [-0.3, -0.25) is 14.9 Å². The van der Waals surface area contributed by atoms with Crippen molar-refractivity contribution in [3.05, 3.63) is 35.9 Å². The van der Waals surface area contributed by atoms with E-state index in [9.17, 15) is 14.4 Å². The third-order valence-electron chi connectivity index (χ3n) is 4.19. The Kier molecular flexibility index (Phi) is 5.56. The van der Waals surface area contributed by atoms with Crippen molar-refractivity contribution in [1.82, 2.24) is 5.32 Å². The monoisotopic (exact) mass is 335 g/mol. The minimum atomic E-state index is -1.50. The Bertz CT molecular complexity index is 617. The Labute approximate surface area is 140 Å². The van der Waals surface area contributed by atoms with E-state index in [0.29, 0.717) is 5.56 Å². The number of nitrogens with one attached hydrogen (secondary N) is 1. The van der Waals surface area contributed by atoms with Crippen LogP contribution in [-0.2, 0) is 34.1 Å². The van der Waals surface area contributed by atoms with E-state index in [1.165, 1.54) is 14.2 Å². The van der Waals surface area contributed by atoms with Crippen LogP contribution in [0.5, 0.6) is 0 Å². The Balaban J connectivity index is 2.53. The van der Waals surface area contributed by atoms with E-state index >= 15 is 0 Å². The van der Waals surface area contributed by atoms with E-state index in [-0.39, 0.29) is 13.0 Å². The van der Waals surface area contributed by atoms with Crippen molar-refractivity contribution in [2.24, 2.45) is 5.92 Å². The maximum atomic E-state index is 12.6. The normalized spacial score (nSPS) is 25.8. The Morgan fingerprint density at radius 2 is 1.79 bits per heavy atom. The van der Waals surface area contributed by atoms with Gasteiger partial charge in [-0.25, -0.2) is 4.79 Å². The Morgan fingerprint density at radius 1 is 1.12 bits per heavy atom. The number of methoxy groups -OCH3 is 2. The lowest BCUT2D eigenvalue weighted by Crippen LogP contribution is -2.54. The molecule has 0 aromatic heterocycles. The summed E-state index contributed by atoms with van der Waals surface area (Å²) < 4.78 is 14.8. The highest BCUT2D eigenvalue weighted by molar-refractivity contribution is 5.93. The van der Waals surface area contributed by atoms with E-state index in [2.05, 4.69) is 5.32 Å². The second-order valence-corrected chi connectivity index (χ2v) is 5.43. The summed E-state index contributed by atoms with van der Waals surface area (Å²) in [6.45, 7) is 1.89. The van der Waals surface area contributed by atoms with E-state index in [1.54, 1.807) is 37.3 Å². The van der Waals surface area contributed by atoms with Crippen LogP contribution in [0.2, 0.25) is 0 Å². The summed E-state index contributed by atoms with van der Waals surface area (Å²) >= 11 is 0. The largest absolute Gasteiger partial charge is 0.469 e. The minimum Gasteiger partial charge on any atom is -0.469 e. The van der Waals surface area contributed by atoms with Crippen LogP contribution in [-0.4, -0.2) is 44.8 Å². The van der Waals surface area contributed by atoms with E-state index in [1.807, 2.05) is 0 Å². The fourth-order valence-electron chi connectivity index (χ4n) is 3.13. The summed E-state index contributed by atoms with van der Waals surface area (Å²) in [7, 11) is 2.48. The second-order valence-electron chi connectivity index (χ2n) is 5.43. The SMILES string of the molecule is CCOC(=O)[C@H]1C[C@@H](C(=O)OC)[C@@](C(=O)OC)(c2ccccc2)N1. The van der Waals surface area contributed by atoms with Gasteiger partial charge in [0.25, 0.3) is 0 Å². The van der Waals surface area contributed by atoms with E-state index < -0.39 is 35.4 Å². The van der Waals surface area contributed by atoms with Gasteiger partial charge in [-0.2, -0.15) is 0 Å². The van der Waals surface area contributed by atoms with Crippen LogP contribution in [0.3, 0.4) is 0 Å². The average molecular weight is 335 g/mol. The number of carbonyl (C=O) groups is 3. The van der Waals surface area contributed by atoms with Crippen LogP contribution in [0.4, 0.5) is 0 Å². The molecule has 1 aliphatic rings. The average Bonchev–Trinajstić information content (AvgIpc) is 3.03. The third-order valence-corrected chi connectivity index (χ3v) is 4.19. The number of ether oxygens (including phenoxy) is 3. The molecule has 1 fully saturated rings. The lowest BCUT2D eigenvalue weighted by molar-refractivity contribution is -0.159. The highest BCUT2D eigenvalue weighted by Crippen LogP contribution is 2.41. The molecule has 7 heteroatoms. The van der Waals surface area contributed by atoms with Gasteiger partial charge in [0, 0.05) is 0 Å². The summed E-state index contributed by atoms with van der Waals surface area (Å²) in [5.74, 6) is -2.68. The number of rotatable bonds is 5. The number of benzene rings is 1. The molecule has 0 radical (unpaired) electrons. The van der Waals surface area contributed by atoms with Gasteiger partial charge in [-0.1, -0.05) is 30.3 Å². The molecule has 1 saturated heterocycles. The van der Waals surface area contributed by atoms with Gasteiger partial charge in [0.1, 0.15) is 6.04 Å². The van der Waals surface area contributed by atoms with Gasteiger partial charge in [0.05, 0.1) is 26.7 Å². The Morgan fingerprint density at radius 3 is 2.33 bits per heavy atom. The molecule has 1 aromatic rings. The zero-order valence-electron chi connectivity index (χ0n) is 13.9. The van der Waals surface area contributed by atoms with Gasteiger partial charge >= 0.3 is 17.9 Å². The second kappa shape index (κ2) is 7.44.